The molecule has 2 aromatic heterocycles. The van der Waals surface area contributed by atoms with Crippen LogP contribution in [0.3, 0.4) is 0 Å². The fourth-order valence-electron chi connectivity index (χ4n) is 2.04. The average Bonchev–Trinajstić information content (AvgIpc) is 2.98. The van der Waals surface area contributed by atoms with Gasteiger partial charge in [-0.1, -0.05) is 5.16 Å². The quantitative estimate of drug-likeness (QED) is 0.794. The van der Waals surface area contributed by atoms with E-state index in [1.165, 1.54) is 0 Å². The maximum Gasteiger partial charge on any atom is 0.277 e. The van der Waals surface area contributed by atoms with Gasteiger partial charge in [0.25, 0.3) is 5.91 Å². The number of aryl methyl sites for hydroxylation is 2. The lowest BCUT2D eigenvalue weighted by Gasteiger charge is -2.10. The summed E-state index contributed by atoms with van der Waals surface area (Å²) >= 11 is 0. The third-order valence-electron chi connectivity index (χ3n) is 3.17. The third-order valence-corrected chi connectivity index (χ3v) is 3.17. The molecule has 23 heavy (non-hydrogen) atoms. The van der Waals surface area contributed by atoms with Gasteiger partial charge in [0.05, 0.1) is 0 Å². The molecule has 3 aromatic rings. The summed E-state index contributed by atoms with van der Waals surface area (Å²) in [6.07, 6.45) is 3.33. The summed E-state index contributed by atoms with van der Waals surface area (Å²) in [5.74, 6) is 1.70. The highest BCUT2D eigenvalue weighted by atomic mass is 16.5. The zero-order valence-electron chi connectivity index (χ0n) is 12.7. The van der Waals surface area contributed by atoms with Crippen LogP contribution in [0.25, 0.3) is 0 Å². The van der Waals surface area contributed by atoms with Gasteiger partial charge in [0.15, 0.2) is 5.69 Å². The summed E-state index contributed by atoms with van der Waals surface area (Å²) in [5.41, 5.74) is 1.81. The Morgan fingerprint density at radius 2 is 1.91 bits per heavy atom. The van der Waals surface area contributed by atoms with Crippen molar-refractivity contribution in [1.29, 1.82) is 0 Å². The van der Waals surface area contributed by atoms with Gasteiger partial charge < -0.3 is 14.6 Å². The van der Waals surface area contributed by atoms with Crippen LogP contribution >= 0.6 is 0 Å². The van der Waals surface area contributed by atoms with Crippen LogP contribution in [0.4, 0.5) is 5.69 Å². The minimum absolute atomic E-state index is 0.247. The van der Waals surface area contributed by atoms with Crippen molar-refractivity contribution in [3.05, 3.63) is 65.8 Å². The Kier molecular flexibility index (Phi) is 4.05. The average molecular weight is 309 g/mol. The molecule has 0 saturated carbocycles. The summed E-state index contributed by atoms with van der Waals surface area (Å²) in [6.45, 7) is 3.64. The largest absolute Gasteiger partial charge is 0.457 e. The number of benzene rings is 1. The predicted molar refractivity (Wildman–Crippen MR) is 84.7 cm³/mol. The van der Waals surface area contributed by atoms with Gasteiger partial charge in [0, 0.05) is 24.1 Å². The molecule has 0 saturated heterocycles. The van der Waals surface area contributed by atoms with Gasteiger partial charge in [0.1, 0.15) is 17.3 Å². The fraction of sp³-hybridized carbons (Fsp3) is 0.118. The van der Waals surface area contributed by atoms with Crippen molar-refractivity contribution in [3.63, 3.8) is 0 Å². The number of hydrogen-bond donors (Lipinski definition) is 1. The van der Waals surface area contributed by atoms with E-state index in [4.69, 9.17) is 9.26 Å². The number of rotatable bonds is 4. The highest BCUT2D eigenvalue weighted by Crippen LogP contribution is 2.27. The van der Waals surface area contributed by atoms with Crippen molar-refractivity contribution in [2.24, 2.45) is 0 Å². The van der Waals surface area contributed by atoms with Crippen molar-refractivity contribution >= 4 is 11.6 Å². The molecular formula is C17H15N3O3. The molecule has 0 aliphatic carbocycles. The fourth-order valence-corrected chi connectivity index (χ4v) is 2.04. The first kappa shape index (κ1) is 14.8. The number of amides is 1. The number of carbonyl (C=O) groups is 1. The molecule has 0 atom stereocenters. The van der Waals surface area contributed by atoms with Crippen LogP contribution in [0.1, 0.15) is 21.8 Å². The van der Waals surface area contributed by atoms with Gasteiger partial charge in [-0.25, -0.2) is 0 Å². The van der Waals surface area contributed by atoms with Gasteiger partial charge in [-0.15, -0.1) is 0 Å². The van der Waals surface area contributed by atoms with Crippen LogP contribution in [-0.4, -0.2) is 16.0 Å². The number of pyridine rings is 1. The summed E-state index contributed by atoms with van der Waals surface area (Å²) < 4.78 is 10.7. The van der Waals surface area contributed by atoms with E-state index >= 15 is 0 Å². The second kappa shape index (κ2) is 6.31. The predicted octanol–water partition coefficient (Wildman–Crippen LogP) is 3.73. The minimum atomic E-state index is -0.316. The first-order valence-electron chi connectivity index (χ1n) is 7.05. The van der Waals surface area contributed by atoms with Gasteiger partial charge in [-0.2, -0.15) is 0 Å². The van der Waals surface area contributed by atoms with E-state index < -0.39 is 0 Å². The lowest BCUT2D eigenvalue weighted by molar-refractivity contribution is 0.101. The first-order chi connectivity index (χ1) is 11.1. The summed E-state index contributed by atoms with van der Waals surface area (Å²) in [7, 11) is 0. The van der Waals surface area contributed by atoms with Crippen LogP contribution in [0.15, 0.2) is 53.3 Å². The molecule has 0 spiro atoms. The zero-order valence-corrected chi connectivity index (χ0v) is 12.7. The topological polar surface area (TPSA) is 77.2 Å². The normalized spacial score (nSPS) is 10.3. The molecular weight excluding hydrogens is 294 g/mol. The molecule has 1 amide bonds. The van der Waals surface area contributed by atoms with Crippen molar-refractivity contribution in [2.45, 2.75) is 13.8 Å². The summed E-state index contributed by atoms with van der Waals surface area (Å²) in [6, 6.07) is 10.6. The maximum absolute atomic E-state index is 12.0. The highest BCUT2D eigenvalue weighted by Gasteiger charge is 2.12. The zero-order chi connectivity index (χ0) is 16.2. The summed E-state index contributed by atoms with van der Waals surface area (Å²) in [4.78, 5) is 16.0. The van der Waals surface area contributed by atoms with E-state index in [-0.39, 0.29) is 11.6 Å². The molecule has 2 heterocycles. The molecule has 0 aliphatic rings. The molecule has 1 aromatic carbocycles. The Balaban J connectivity index is 1.73. The monoisotopic (exact) mass is 309 g/mol. The second-order valence-corrected chi connectivity index (χ2v) is 5.04. The Hall–Kier alpha value is -3.15. The van der Waals surface area contributed by atoms with Gasteiger partial charge in [0.2, 0.25) is 0 Å². The molecule has 0 radical (unpaired) electrons. The van der Waals surface area contributed by atoms with Crippen LogP contribution in [0.5, 0.6) is 11.5 Å². The highest BCUT2D eigenvalue weighted by molar-refractivity contribution is 6.02. The number of hydrogen-bond acceptors (Lipinski definition) is 5. The van der Waals surface area contributed by atoms with Crippen LogP contribution in [-0.2, 0) is 0 Å². The van der Waals surface area contributed by atoms with E-state index in [2.05, 4.69) is 15.5 Å². The van der Waals surface area contributed by atoms with Gasteiger partial charge >= 0.3 is 0 Å². The molecule has 0 unspecified atom stereocenters. The molecule has 0 aliphatic heterocycles. The van der Waals surface area contributed by atoms with Gasteiger partial charge in [-0.3, -0.25) is 9.78 Å². The third kappa shape index (κ3) is 3.55. The van der Waals surface area contributed by atoms with Crippen molar-refractivity contribution < 1.29 is 14.1 Å². The number of anilines is 1. The van der Waals surface area contributed by atoms with Gasteiger partial charge in [-0.05, 0) is 49.7 Å². The lowest BCUT2D eigenvalue weighted by atomic mass is 10.2. The standard InChI is InChI=1S/C17H15N3O3/c1-11-9-13(19-17(21)15-10-12(2)23-20-15)3-4-16(11)22-14-5-7-18-8-6-14/h3-10H,1-2H3,(H,19,21). The van der Waals surface area contributed by atoms with Crippen molar-refractivity contribution in [1.82, 2.24) is 10.1 Å². The van der Waals surface area contributed by atoms with E-state index in [1.54, 1.807) is 49.6 Å². The van der Waals surface area contributed by atoms with Crippen molar-refractivity contribution in [2.75, 3.05) is 5.32 Å². The second-order valence-electron chi connectivity index (χ2n) is 5.04. The van der Waals surface area contributed by atoms with Crippen molar-refractivity contribution in [3.8, 4) is 11.5 Å². The maximum atomic E-state index is 12.0. The van der Waals surface area contributed by atoms with Crippen LogP contribution < -0.4 is 10.1 Å². The molecule has 1 N–H and O–H groups in total. The Bertz CT molecular complexity index is 828. The number of nitrogens with zero attached hydrogens (tertiary/aromatic N) is 2. The van der Waals surface area contributed by atoms with E-state index in [0.29, 0.717) is 22.9 Å². The molecule has 0 bridgehead atoms. The molecule has 0 fully saturated rings. The van der Waals surface area contributed by atoms with Crippen LogP contribution in [0, 0.1) is 13.8 Å². The molecule has 3 rings (SSSR count). The number of aromatic nitrogens is 2. The molecule has 6 nitrogen and oxygen atoms in total. The number of nitrogens with one attached hydrogen (secondary N) is 1. The molecule has 116 valence electrons. The lowest BCUT2D eigenvalue weighted by Crippen LogP contribution is -2.12. The van der Waals surface area contributed by atoms with Crippen LogP contribution in [0.2, 0.25) is 0 Å². The minimum Gasteiger partial charge on any atom is -0.457 e. The van der Waals surface area contributed by atoms with E-state index in [0.717, 1.165) is 5.56 Å². The Morgan fingerprint density at radius 1 is 1.13 bits per heavy atom. The smallest absolute Gasteiger partial charge is 0.277 e. The van der Waals surface area contributed by atoms with E-state index in [9.17, 15) is 4.79 Å². The SMILES string of the molecule is Cc1cc(C(=O)Nc2ccc(Oc3ccncc3)c(C)c2)no1. The first-order valence-corrected chi connectivity index (χ1v) is 7.05. The molecule has 6 heteroatoms. The van der Waals surface area contributed by atoms with E-state index in [1.807, 2.05) is 13.0 Å². The Morgan fingerprint density at radius 3 is 2.57 bits per heavy atom. The number of carbonyl (C=O) groups excluding carboxylic acids is 1. The number of ether oxygens (including phenoxy) is 1. The summed E-state index contributed by atoms with van der Waals surface area (Å²) in [5, 5.41) is 6.47. The Labute approximate surface area is 133 Å².